The summed E-state index contributed by atoms with van der Waals surface area (Å²) < 4.78 is 7.31. The number of carbonyl (C=O) groups is 1. The summed E-state index contributed by atoms with van der Waals surface area (Å²) in [5.74, 6) is 0.436. The Balaban J connectivity index is 1.73. The highest BCUT2D eigenvalue weighted by molar-refractivity contribution is 5.95. The molecule has 4 rings (SSSR count). The van der Waals surface area contributed by atoms with Crippen LogP contribution in [0.15, 0.2) is 29.1 Å². The summed E-state index contributed by atoms with van der Waals surface area (Å²) in [6.07, 6.45) is 3.42. The lowest BCUT2D eigenvalue weighted by atomic mass is 10.1. The van der Waals surface area contributed by atoms with E-state index >= 15 is 0 Å². The molecule has 1 aliphatic heterocycles. The Morgan fingerprint density at radius 3 is 2.88 bits per heavy atom. The molecular weight excluding hydrogens is 318 g/mol. The van der Waals surface area contributed by atoms with Crippen molar-refractivity contribution in [3.8, 4) is 0 Å². The molecule has 2 aromatic rings. The van der Waals surface area contributed by atoms with Crippen LogP contribution >= 0.6 is 0 Å². The number of morpholine rings is 1. The van der Waals surface area contributed by atoms with Crippen LogP contribution in [-0.2, 0) is 11.3 Å². The van der Waals surface area contributed by atoms with Gasteiger partial charge in [-0.05, 0) is 31.4 Å². The molecule has 0 spiro atoms. The third-order valence-corrected chi connectivity index (χ3v) is 5.16. The molecule has 0 N–H and O–H groups in total. The number of fused-ring (bicyclic) bond motifs is 1. The van der Waals surface area contributed by atoms with Gasteiger partial charge in [-0.3, -0.25) is 14.3 Å². The molecular formula is C19H23N3O3. The van der Waals surface area contributed by atoms with Crippen LogP contribution in [0.25, 0.3) is 10.9 Å². The number of aromatic nitrogens is 2. The van der Waals surface area contributed by atoms with Crippen LogP contribution in [0, 0.1) is 5.92 Å². The number of hydrogen-bond acceptors (Lipinski definition) is 4. The normalized spacial score (nSPS) is 20.8. The van der Waals surface area contributed by atoms with Gasteiger partial charge >= 0.3 is 0 Å². The quantitative estimate of drug-likeness (QED) is 0.854. The van der Waals surface area contributed by atoms with Gasteiger partial charge < -0.3 is 9.64 Å². The zero-order valence-corrected chi connectivity index (χ0v) is 14.5. The van der Waals surface area contributed by atoms with E-state index in [2.05, 4.69) is 5.10 Å². The van der Waals surface area contributed by atoms with E-state index in [9.17, 15) is 9.59 Å². The zero-order valence-electron chi connectivity index (χ0n) is 14.5. The fourth-order valence-corrected chi connectivity index (χ4v) is 3.61. The second-order valence-electron chi connectivity index (χ2n) is 6.92. The first-order chi connectivity index (χ1) is 12.2. The molecule has 0 unspecified atom stereocenters. The van der Waals surface area contributed by atoms with Gasteiger partial charge in [0.05, 0.1) is 24.8 Å². The van der Waals surface area contributed by atoms with Crippen molar-refractivity contribution < 1.29 is 9.53 Å². The van der Waals surface area contributed by atoms with E-state index in [1.54, 1.807) is 15.6 Å². The molecule has 0 bridgehead atoms. The van der Waals surface area contributed by atoms with E-state index < -0.39 is 0 Å². The lowest BCUT2D eigenvalue weighted by Gasteiger charge is -2.35. The van der Waals surface area contributed by atoms with E-state index in [-0.39, 0.29) is 23.1 Å². The zero-order chi connectivity index (χ0) is 17.4. The predicted molar refractivity (Wildman–Crippen MR) is 94.7 cm³/mol. The van der Waals surface area contributed by atoms with Gasteiger partial charge in [0.25, 0.3) is 5.91 Å². The highest BCUT2D eigenvalue weighted by Crippen LogP contribution is 2.35. The number of hydrogen-bond donors (Lipinski definition) is 0. The Labute approximate surface area is 146 Å². The standard InChI is InChI=1S/C19H23N3O3/c1-2-22-16-6-4-3-5-15(16)18(23)17(20-22)19(24)21-9-10-25-12-14(21)11-13-7-8-13/h3-6,13-14H,2,7-12H2,1H3/t14-/m0/s1. The van der Waals surface area contributed by atoms with E-state index in [0.29, 0.717) is 37.6 Å². The Hall–Kier alpha value is -2.21. The van der Waals surface area contributed by atoms with E-state index in [4.69, 9.17) is 4.74 Å². The summed E-state index contributed by atoms with van der Waals surface area (Å²) in [4.78, 5) is 27.8. The lowest BCUT2D eigenvalue weighted by Crippen LogP contribution is -2.50. The molecule has 2 heterocycles. The van der Waals surface area contributed by atoms with Crippen LogP contribution in [0.3, 0.4) is 0 Å². The molecule has 132 valence electrons. The van der Waals surface area contributed by atoms with Gasteiger partial charge in [0.2, 0.25) is 5.43 Å². The van der Waals surface area contributed by atoms with Gasteiger partial charge in [0.15, 0.2) is 5.69 Å². The van der Waals surface area contributed by atoms with Crippen molar-refractivity contribution in [1.82, 2.24) is 14.7 Å². The predicted octanol–water partition coefficient (Wildman–Crippen LogP) is 2.06. The second-order valence-corrected chi connectivity index (χ2v) is 6.92. The summed E-state index contributed by atoms with van der Waals surface area (Å²) >= 11 is 0. The number of ether oxygens (including phenoxy) is 1. The molecule has 1 amide bonds. The van der Waals surface area contributed by atoms with Crippen molar-refractivity contribution in [3.05, 3.63) is 40.2 Å². The van der Waals surface area contributed by atoms with Crippen molar-refractivity contribution in [3.63, 3.8) is 0 Å². The average molecular weight is 341 g/mol. The number of nitrogens with zero attached hydrogens (tertiary/aromatic N) is 3. The van der Waals surface area contributed by atoms with Gasteiger partial charge in [-0.2, -0.15) is 5.10 Å². The Morgan fingerprint density at radius 1 is 1.32 bits per heavy atom. The van der Waals surface area contributed by atoms with Gasteiger partial charge in [-0.25, -0.2) is 0 Å². The monoisotopic (exact) mass is 341 g/mol. The summed E-state index contributed by atoms with van der Waals surface area (Å²) in [6.45, 7) is 4.16. The summed E-state index contributed by atoms with van der Waals surface area (Å²) in [5.41, 5.74) is 0.522. The van der Waals surface area contributed by atoms with Gasteiger partial charge in [0.1, 0.15) is 0 Å². The van der Waals surface area contributed by atoms with Crippen LogP contribution in [0.1, 0.15) is 36.7 Å². The number of para-hydroxylation sites is 1. The number of rotatable bonds is 4. The first-order valence-electron chi connectivity index (χ1n) is 9.07. The third kappa shape index (κ3) is 3.06. The molecule has 2 fully saturated rings. The highest BCUT2D eigenvalue weighted by atomic mass is 16.5. The first-order valence-corrected chi connectivity index (χ1v) is 9.07. The molecule has 0 radical (unpaired) electrons. The van der Waals surface area contributed by atoms with E-state index in [0.717, 1.165) is 11.9 Å². The van der Waals surface area contributed by atoms with Crippen LogP contribution in [-0.4, -0.2) is 46.4 Å². The van der Waals surface area contributed by atoms with Crippen LogP contribution < -0.4 is 5.43 Å². The highest BCUT2D eigenvalue weighted by Gasteiger charge is 2.35. The Bertz CT molecular complexity index is 857. The van der Waals surface area contributed by atoms with Crippen LogP contribution in [0.4, 0.5) is 0 Å². The smallest absolute Gasteiger partial charge is 0.278 e. The first kappa shape index (κ1) is 16.3. The topological polar surface area (TPSA) is 64.4 Å². The molecule has 6 nitrogen and oxygen atoms in total. The molecule has 6 heteroatoms. The minimum atomic E-state index is -0.276. The van der Waals surface area contributed by atoms with E-state index in [1.807, 2.05) is 25.1 Å². The SMILES string of the molecule is CCn1nc(C(=O)N2CCOC[C@@H]2CC2CC2)c(=O)c2ccccc21. The van der Waals surface area contributed by atoms with Crippen LogP contribution in [0.5, 0.6) is 0 Å². The lowest BCUT2D eigenvalue weighted by molar-refractivity contribution is -0.00616. The minimum absolute atomic E-state index is 0.0308. The number of carbonyl (C=O) groups excluding carboxylic acids is 1. The van der Waals surface area contributed by atoms with E-state index in [1.165, 1.54) is 12.8 Å². The summed E-state index contributed by atoms with van der Waals surface area (Å²) in [7, 11) is 0. The fraction of sp³-hybridized carbons (Fsp3) is 0.526. The Morgan fingerprint density at radius 2 is 2.12 bits per heavy atom. The van der Waals surface area contributed by atoms with Crippen molar-refractivity contribution in [2.45, 2.75) is 38.8 Å². The van der Waals surface area contributed by atoms with Crippen molar-refractivity contribution in [2.75, 3.05) is 19.8 Å². The fourth-order valence-electron chi connectivity index (χ4n) is 3.61. The minimum Gasteiger partial charge on any atom is -0.377 e. The Kier molecular flexibility index (Phi) is 4.29. The number of benzene rings is 1. The largest absolute Gasteiger partial charge is 0.377 e. The molecule has 1 saturated carbocycles. The molecule has 1 aromatic carbocycles. The van der Waals surface area contributed by atoms with Gasteiger partial charge in [0, 0.05) is 18.5 Å². The van der Waals surface area contributed by atoms with Gasteiger partial charge in [-0.15, -0.1) is 0 Å². The van der Waals surface area contributed by atoms with Gasteiger partial charge in [-0.1, -0.05) is 25.0 Å². The summed E-state index contributed by atoms with van der Waals surface area (Å²) in [6, 6.07) is 7.39. The average Bonchev–Trinajstić information content (AvgIpc) is 3.46. The number of aryl methyl sites for hydroxylation is 1. The van der Waals surface area contributed by atoms with Crippen molar-refractivity contribution >= 4 is 16.8 Å². The molecule has 1 atom stereocenters. The molecule has 1 aliphatic carbocycles. The maximum absolute atomic E-state index is 13.1. The second kappa shape index (κ2) is 6.59. The molecule has 1 aromatic heterocycles. The van der Waals surface area contributed by atoms with Crippen molar-refractivity contribution in [2.24, 2.45) is 5.92 Å². The molecule has 2 aliphatic rings. The third-order valence-electron chi connectivity index (χ3n) is 5.16. The maximum atomic E-state index is 13.1. The molecule has 25 heavy (non-hydrogen) atoms. The summed E-state index contributed by atoms with van der Waals surface area (Å²) in [5, 5.41) is 4.95. The van der Waals surface area contributed by atoms with Crippen molar-refractivity contribution in [1.29, 1.82) is 0 Å². The molecule has 1 saturated heterocycles. The number of amides is 1. The maximum Gasteiger partial charge on any atom is 0.278 e. The van der Waals surface area contributed by atoms with Crippen LogP contribution in [0.2, 0.25) is 0 Å².